The third-order valence-corrected chi connectivity index (χ3v) is 4.00. The molecule has 1 aromatic heterocycles. The van der Waals surface area contributed by atoms with E-state index in [0.717, 1.165) is 25.0 Å². The van der Waals surface area contributed by atoms with Crippen LogP contribution < -0.4 is 10.6 Å². The number of pyridine rings is 1. The van der Waals surface area contributed by atoms with Crippen LogP contribution in [0.25, 0.3) is 0 Å². The summed E-state index contributed by atoms with van der Waals surface area (Å²) in [6.45, 7) is 0.346. The van der Waals surface area contributed by atoms with Crippen molar-refractivity contribution in [1.29, 1.82) is 0 Å². The lowest BCUT2D eigenvalue weighted by molar-refractivity contribution is -0.141. The Kier molecular flexibility index (Phi) is 2.91. The lowest BCUT2D eigenvalue weighted by Gasteiger charge is -2.48. The molecule has 0 radical (unpaired) electrons. The third-order valence-electron chi connectivity index (χ3n) is 4.00. The van der Waals surface area contributed by atoms with Gasteiger partial charge in [0.25, 0.3) is 5.91 Å². The third kappa shape index (κ3) is 2.44. The Morgan fingerprint density at radius 1 is 1.38 bits per heavy atom. The molecule has 114 valence electrons. The Balaban J connectivity index is 1.90. The molecular weight excluding hydrogens is 287 g/mol. The van der Waals surface area contributed by atoms with Crippen LogP contribution in [-0.2, 0) is 6.18 Å². The van der Waals surface area contributed by atoms with Crippen LogP contribution in [0.5, 0.6) is 0 Å². The van der Waals surface area contributed by atoms with Gasteiger partial charge in [-0.3, -0.25) is 4.79 Å². The monoisotopic (exact) mass is 301 g/mol. The first kappa shape index (κ1) is 14.1. The standard InChI is InChI=1S/C13H14F3N3O2/c14-13(15,16)9-4-3-8(10(17)20)11(18-9)19-5-12(21,6-19)7-1-2-7/h3-4,7,21H,1-2,5-6H2,(H2,17,20). The molecule has 0 atom stereocenters. The maximum atomic E-state index is 12.7. The molecule has 2 fully saturated rings. The second-order valence-corrected chi connectivity index (χ2v) is 5.66. The second-order valence-electron chi connectivity index (χ2n) is 5.66. The molecule has 0 bridgehead atoms. The number of alkyl halides is 3. The Hall–Kier alpha value is -1.83. The van der Waals surface area contributed by atoms with Crippen LogP contribution in [0, 0.1) is 5.92 Å². The fourth-order valence-corrected chi connectivity index (χ4v) is 2.68. The molecule has 0 aromatic carbocycles. The minimum Gasteiger partial charge on any atom is -0.386 e. The van der Waals surface area contributed by atoms with E-state index < -0.39 is 23.4 Å². The van der Waals surface area contributed by atoms with Gasteiger partial charge in [0.1, 0.15) is 17.1 Å². The number of rotatable bonds is 3. The zero-order valence-corrected chi connectivity index (χ0v) is 11.0. The van der Waals surface area contributed by atoms with E-state index >= 15 is 0 Å². The highest BCUT2D eigenvalue weighted by Gasteiger charge is 2.53. The Bertz CT molecular complexity index is 593. The van der Waals surface area contributed by atoms with E-state index in [9.17, 15) is 23.1 Å². The van der Waals surface area contributed by atoms with Crippen molar-refractivity contribution in [3.63, 3.8) is 0 Å². The molecule has 1 saturated heterocycles. The molecule has 1 aliphatic heterocycles. The van der Waals surface area contributed by atoms with Gasteiger partial charge >= 0.3 is 6.18 Å². The van der Waals surface area contributed by atoms with Crippen LogP contribution in [-0.4, -0.2) is 34.7 Å². The van der Waals surface area contributed by atoms with E-state index in [0.29, 0.717) is 0 Å². The van der Waals surface area contributed by atoms with E-state index in [1.807, 2.05) is 0 Å². The number of nitrogens with zero attached hydrogens (tertiary/aromatic N) is 2. The molecule has 8 heteroatoms. The SMILES string of the molecule is NC(=O)c1ccc(C(F)(F)F)nc1N1CC(O)(C2CC2)C1. The summed E-state index contributed by atoms with van der Waals surface area (Å²) in [5.74, 6) is -0.757. The summed E-state index contributed by atoms with van der Waals surface area (Å²) in [5, 5.41) is 10.2. The Morgan fingerprint density at radius 2 is 2.00 bits per heavy atom. The van der Waals surface area contributed by atoms with Crippen molar-refractivity contribution in [3.8, 4) is 0 Å². The number of nitrogens with two attached hydrogens (primary N) is 1. The van der Waals surface area contributed by atoms with Crippen molar-refractivity contribution in [3.05, 3.63) is 23.4 Å². The minimum atomic E-state index is -4.59. The number of β-amino-alcohol motifs (C(OH)–C–C–N with tert-alkyl or cyclic N) is 1. The highest BCUT2D eigenvalue weighted by atomic mass is 19.4. The molecule has 2 heterocycles. The predicted molar refractivity (Wildman–Crippen MR) is 67.6 cm³/mol. The summed E-state index contributed by atoms with van der Waals surface area (Å²) in [4.78, 5) is 16.3. The largest absolute Gasteiger partial charge is 0.433 e. The zero-order valence-electron chi connectivity index (χ0n) is 11.0. The Labute approximate surface area is 118 Å². The smallest absolute Gasteiger partial charge is 0.386 e. The topological polar surface area (TPSA) is 79.5 Å². The number of anilines is 1. The van der Waals surface area contributed by atoms with Crippen LogP contribution in [0.15, 0.2) is 12.1 Å². The fraction of sp³-hybridized carbons (Fsp3) is 0.538. The van der Waals surface area contributed by atoms with Gasteiger partial charge in [0.2, 0.25) is 0 Å². The van der Waals surface area contributed by atoms with Gasteiger partial charge in [0.15, 0.2) is 0 Å². The molecule has 0 spiro atoms. The minimum absolute atomic E-state index is 0.0687. The zero-order chi connectivity index (χ0) is 15.4. The lowest BCUT2D eigenvalue weighted by Crippen LogP contribution is -2.64. The van der Waals surface area contributed by atoms with Gasteiger partial charge < -0.3 is 15.7 Å². The number of carbonyl (C=O) groups is 1. The van der Waals surface area contributed by atoms with Gasteiger partial charge in [-0.25, -0.2) is 4.98 Å². The highest BCUT2D eigenvalue weighted by Crippen LogP contribution is 2.46. The molecule has 1 aliphatic carbocycles. The highest BCUT2D eigenvalue weighted by molar-refractivity contribution is 5.98. The number of hydrogen-bond acceptors (Lipinski definition) is 4. The maximum Gasteiger partial charge on any atom is 0.433 e. The van der Waals surface area contributed by atoms with Crippen LogP contribution in [0.2, 0.25) is 0 Å². The van der Waals surface area contributed by atoms with Gasteiger partial charge in [-0.15, -0.1) is 0 Å². The number of primary amides is 1. The Morgan fingerprint density at radius 3 is 2.48 bits per heavy atom. The van der Waals surface area contributed by atoms with Crippen LogP contribution in [0.3, 0.4) is 0 Å². The average molecular weight is 301 g/mol. The summed E-state index contributed by atoms with van der Waals surface area (Å²) < 4.78 is 38.2. The summed E-state index contributed by atoms with van der Waals surface area (Å²) in [6.07, 6.45) is -2.76. The summed E-state index contributed by atoms with van der Waals surface area (Å²) in [7, 11) is 0. The van der Waals surface area contributed by atoms with Crippen molar-refractivity contribution in [1.82, 2.24) is 4.98 Å². The second kappa shape index (κ2) is 4.33. The first-order valence-corrected chi connectivity index (χ1v) is 6.56. The molecule has 21 heavy (non-hydrogen) atoms. The van der Waals surface area contributed by atoms with Crippen molar-refractivity contribution >= 4 is 11.7 Å². The predicted octanol–water partition coefficient (Wildman–Crippen LogP) is 1.16. The summed E-state index contributed by atoms with van der Waals surface area (Å²) in [6, 6.07) is 1.76. The summed E-state index contributed by atoms with van der Waals surface area (Å²) in [5.41, 5.74) is 3.15. The first-order chi connectivity index (χ1) is 9.71. The number of aromatic nitrogens is 1. The van der Waals surface area contributed by atoms with Crippen LogP contribution in [0.4, 0.5) is 19.0 Å². The molecule has 3 rings (SSSR count). The number of carbonyl (C=O) groups excluding carboxylic acids is 1. The molecule has 2 aliphatic rings. The average Bonchev–Trinajstić information content (AvgIpc) is 3.17. The number of hydrogen-bond donors (Lipinski definition) is 2. The van der Waals surface area contributed by atoms with E-state index in [1.54, 1.807) is 0 Å². The van der Waals surface area contributed by atoms with Crippen molar-refractivity contribution in [2.75, 3.05) is 18.0 Å². The van der Waals surface area contributed by atoms with E-state index in [1.165, 1.54) is 4.90 Å². The molecule has 5 nitrogen and oxygen atoms in total. The van der Waals surface area contributed by atoms with Gasteiger partial charge in [-0.05, 0) is 30.9 Å². The normalized spacial score (nSPS) is 21.0. The van der Waals surface area contributed by atoms with Gasteiger partial charge in [-0.1, -0.05) is 0 Å². The van der Waals surface area contributed by atoms with E-state index in [4.69, 9.17) is 5.73 Å². The first-order valence-electron chi connectivity index (χ1n) is 6.56. The molecular formula is C13H14F3N3O2. The van der Waals surface area contributed by atoms with Gasteiger partial charge in [0, 0.05) is 0 Å². The maximum absolute atomic E-state index is 12.7. The lowest BCUT2D eigenvalue weighted by atomic mass is 9.88. The molecule has 1 aromatic rings. The van der Waals surface area contributed by atoms with Crippen LogP contribution >= 0.6 is 0 Å². The summed E-state index contributed by atoms with van der Waals surface area (Å²) >= 11 is 0. The van der Waals surface area contributed by atoms with Gasteiger partial charge in [-0.2, -0.15) is 13.2 Å². The molecule has 1 amide bonds. The fourth-order valence-electron chi connectivity index (χ4n) is 2.68. The number of amides is 1. The molecule has 1 saturated carbocycles. The van der Waals surface area contributed by atoms with Crippen molar-refractivity contribution in [2.24, 2.45) is 11.7 Å². The van der Waals surface area contributed by atoms with Crippen LogP contribution in [0.1, 0.15) is 28.9 Å². The molecule has 3 N–H and O–H groups in total. The van der Waals surface area contributed by atoms with Gasteiger partial charge in [0.05, 0.1) is 18.7 Å². The van der Waals surface area contributed by atoms with E-state index in [-0.39, 0.29) is 30.4 Å². The van der Waals surface area contributed by atoms with Crippen molar-refractivity contribution in [2.45, 2.75) is 24.6 Å². The van der Waals surface area contributed by atoms with E-state index in [2.05, 4.69) is 4.98 Å². The number of halogens is 3. The molecule has 0 unspecified atom stereocenters. The quantitative estimate of drug-likeness (QED) is 0.878. The number of aliphatic hydroxyl groups is 1. The van der Waals surface area contributed by atoms with Crippen molar-refractivity contribution < 1.29 is 23.1 Å².